The Morgan fingerprint density at radius 3 is 2.47 bits per heavy atom. The second-order valence-corrected chi connectivity index (χ2v) is 9.14. The average Bonchev–Trinajstić information content (AvgIpc) is 2.77. The molecule has 2 aliphatic rings. The highest BCUT2D eigenvalue weighted by Gasteiger charge is 2.25. The molecule has 2 aliphatic heterocycles. The van der Waals surface area contributed by atoms with Gasteiger partial charge in [0.1, 0.15) is 0 Å². The summed E-state index contributed by atoms with van der Waals surface area (Å²) in [5.74, 6) is 1.05. The van der Waals surface area contributed by atoms with Gasteiger partial charge in [0.05, 0.1) is 5.69 Å². The van der Waals surface area contributed by atoms with E-state index >= 15 is 0 Å². The van der Waals surface area contributed by atoms with E-state index in [0.29, 0.717) is 13.0 Å². The highest BCUT2D eigenvalue weighted by molar-refractivity contribution is 7.99. The number of fused-ring (bicyclic) bond motifs is 1. The minimum absolute atomic E-state index is 0.0502. The van der Waals surface area contributed by atoms with E-state index in [9.17, 15) is 9.59 Å². The maximum absolute atomic E-state index is 12.8. The van der Waals surface area contributed by atoms with Crippen LogP contribution in [0.25, 0.3) is 0 Å². The topological polar surface area (TPSA) is 43.9 Å². The predicted molar refractivity (Wildman–Crippen MR) is 122 cm³/mol. The number of piperazine rings is 1. The van der Waals surface area contributed by atoms with Crippen molar-refractivity contribution >= 4 is 29.3 Å². The van der Waals surface area contributed by atoms with Gasteiger partial charge in [0.25, 0.3) is 0 Å². The van der Waals surface area contributed by atoms with E-state index < -0.39 is 0 Å². The Morgan fingerprint density at radius 1 is 0.900 bits per heavy atom. The van der Waals surface area contributed by atoms with Crippen molar-refractivity contribution in [2.75, 3.05) is 43.4 Å². The van der Waals surface area contributed by atoms with Crippen LogP contribution in [0.15, 0.2) is 53.4 Å². The largest absolute Gasteiger partial charge is 0.340 e. The minimum atomic E-state index is 0.0502. The van der Waals surface area contributed by atoms with E-state index in [-0.39, 0.29) is 18.2 Å². The minimum Gasteiger partial charge on any atom is -0.340 e. The SMILES string of the molecule is Cc1cccc(CN2CCN(C(=O)CCC(=O)N3CCSc4ccccc43)CC2)c1. The second-order valence-electron chi connectivity index (χ2n) is 8.01. The summed E-state index contributed by atoms with van der Waals surface area (Å²) < 4.78 is 0. The predicted octanol–water partition coefficient (Wildman–Crippen LogP) is 3.56. The van der Waals surface area contributed by atoms with Crippen LogP contribution in [0, 0.1) is 6.92 Å². The molecule has 0 aromatic heterocycles. The first-order valence-electron chi connectivity index (χ1n) is 10.7. The molecule has 0 N–H and O–H groups in total. The molecule has 0 radical (unpaired) electrons. The molecule has 4 rings (SSSR count). The van der Waals surface area contributed by atoms with Crippen LogP contribution in [0.4, 0.5) is 5.69 Å². The van der Waals surface area contributed by atoms with Crippen LogP contribution in [-0.2, 0) is 16.1 Å². The zero-order chi connectivity index (χ0) is 20.9. The van der Waals surface area contributed by atoms with Gasteiger partial charge in [-0.2, -0.15) is 0 Å². The fourth-order valence-electron chi connectivity index (χ4n) is 4.16. The molecule has 2 amide bonds. The third-order valence-corrected chi connectivity index (χ3v) is 6.84. The van der Waals surface area contributed by atoms with Crippen LogP contribution in [0.5, 0.6) is 0 Å². The monoisotopic (exact) mass is 423 g/mol. The van der Waals surface area contributed by atoms with Gasteiger partial charge in [0, 0.05) is 62.8 Å². The highest BCUT2D eigenvalue weighted by atomic mass is 32.2. The van der Waals surface area contributed by atoms with Gasteiger partial charge < -0.3 is 9.80 Å². The van der Waals surface area contributed by atoms with E-state index in [1.165, 1.54) is 11.1 Å². The molecule has 2 aromatic carbocycles. The van der Waals surface area contributed by atoms with Crippen LogP contribution in [0.2, 0.25) is 0 Å². The fraction of sp³-hybridized carbons (Fsp3) is 0.417. The second kappa shape index (κ2) is 9.67. The number of anilines is 1. The van der Waals surface area contributed by atoms with E-state index in [0.717, 1.165) is 49.1 Å². The summed E-state index contributed by atoms with van der Waals surface area (Å²) in [6.07, 6.45) is 0.573. The van der Waals surface area contributed by atoms with Gasteiger partial charge in [-0.15, -0.1) is 11.8 Å². The Balaban J connectivity index is 1.24. The van der Waals surface area contributed by atoms with Crippen molar-refractivity contribution < 1.29 is 9.59 Å². The molecule has 2 heterocycles. The van der Waals surface area contributed by atoms with Gasteiger partial charge in [-0.3, -0.25) is 14.5 Å². The van der Waals surface area contributed by atoms with Gasteiger partial charge >= 0.3 is 0 Å². The maximum atomic E-state index is 12.8. The molecule has 30 heavy (non-hydrogen) atoms. The summed E-state index contributed by atoms with van der Waals surface area (Å²) in [4.78, 5) is 32.7. The van der Waals surface area contributed by atoms with Crippen molar-refractivity contribution in [2.24, 2.45) is 0 Å². The van der Waals surface area contributed by atoms with Gasteiger partial charge in [-0.25, -0.2) is 0 Å². The molecule has 6 heteroatoms. The summed E-state index contributed by atoms with van der Waals surface area (Å²) >= 11 is 1.78. The number of hydrogen-bond donors (Lipinski definition) is 0. The summed E-state index contributed by atoms with van der Waals surface area (Å²) in [5.41, 5.74) is 3.58. The molecule has 2 aromatic rings. The lowest BCUT2D eigenvalue weighted by Gasteiger charge is -2.35. The smallest absolute Gasteiger partial charge is 0.227 e. The quantitative estimate of drug-likeness (QED) is 0.738. The van der Waals surface area contributed by atoms with Crippen molar-refractivity contribution in [3.63, 3.8) is 0 Å². The molecule has 5 nitrogen and oxygen atoms in total. The number of hydrogen-bond acceptors (Lipinski definition) is 4. The molecule has 0 bridgehead atoms. The molecular formula is C24H29N3O2S. The van der Waals surface area contributed by atoms with Crippen molar-refractivity contribution in [2.45, 2.75) is 31.2 Å². The third kappa shape index (κ3) is 5.05. The Hall–Kier alpha value is -2.31. The Kier molecular flexibility index (Phi) is 6.75. The van der Waals surface area contributed by atoms with Crippen LogP contribution in [0.1, 0.15) is 24.0 Å². The first kappa shape index (κ1) is 20.9. The van der Waals surface area contributed by atoms with E-state index in [2.05, 4.69) is 42.2 Å². The number of rotatable bonds is 5. The van der Waals surface area contributed by atoms with Crippen LogP contribution < -0.4 is 4.90 Å². The van der Waals surface area contributed by atoms with Gasteiger partial charge in [-0.1, -0.05) is 42.0 Å². The normalized spacial score (nSPS) is 17.0. The molecule has 0 unspecified atom stereocenters. The molecule has 1 saturated heterocycles. The molecule has 0 atom stereocenters. The zero-order valence-electron chi connectivity index (χ0n) is 17.5. The number of benzene rings is 2. The van der Waals surface area contributed by atoms with E-state index in [1.54, 1.807) is 11.8 Å². The van der Waals surface area contributed by atoms with E-state index in [1.807, 2.05) is 28.0 Å². The summed E-state index contributed by atoms with van der Waals surface area (Å²) in [7, 11) is 0. The first-order chi connectivity index (χ1) is 14.6. The molecule has 0 aliphatic carbocycles. The number of thioether (sulfide) groups is 1. The van der Waals surface area contributed by atoms with Crippen molar-refractivity contribution in [3.8, 4) is 0 Å². The maximum Gasteiger partial charge on any atom is 0.227 e. The molecular weight excluding hydrogens is 394 g/mol. The van der Waals surface area contributed by atoms with Crippen LogP contribution in [-0.4, -0.2) is 60.1 Å². The van der Waals surface area contributed by atoms with Gasteiger partial charge in [0.15, 0.2) is 0 Å². The number of carbonyl (C=O) groups is 2. The lowest BCUT2D eigenvalue weighted by atomic mass is 10.1. The molecule has 0 spiro atoms. The summed E-state index contributed by atoms with van der Waals surface area (Å²) in [5, 5.41) is 0. The van der Waals surface area contributed by atoms with Crippen LogP contribution in [0.3, 0.4) is 0 Å². The van der Waals surface area contributed by atoms with Crippen molar-refractivity contribution in [1.29, 1.82) is 0 Å². The van der Waals surface area contributed by atoms with Crippen molar-refractivity contribution in [1.82, 2.24) is 9.80 Å². The fourth-order valence-corrected chi connectivity index (χ4v) is 5.15. The lowest BCUT2D eigenvalue weighted by molar-refractivity contribution is -0.134. The van der Waals surface area contributed by atoms with Crippen molar-refractivity contribution in [3.05, 3.63) is 59.7 Å². The average molecular weight is 424 g/mol. The Morgan fingerprint density at radius 2 is 1.67 bits per heavy atom. The number of carbonyl (C=O) groups excluding carboxylic acids is 2. The Bertz CT molecular complexity index is 909. The standard InChI is InChI=1S/C24H29N3O2S/c1-19-5-4-6-20(17-19)18-25-11-13-26(14-12-25)23(28)9-10-24(29)27-15-16-30-22-8-3-2-7-21(22)27/h2-8,17H,9-16,18H2,1H3. The summed E-state index contributed by atoms with van der Waals surface area (Å²) in [6, 6.07) is 16.6. The Labute approximate surface area is 183 Å². The van der Waals surface area contributed by atoms with E-state index in [4.69, 9.17) is 0 Å². The zero-order valence-corrected chi connectivity index (χ0v) is 18.4. The van der Waals surface area contributed by atoms with Crippen LogP contribution >= 0.6 is 11.8 Å². The molecule has 158 valence electrons. The molecule has 0 saturated carbocycles. The van der Waals surface area contributed by atoms with Gasteiger partial charge in [-0.05, 0) is 24.6 Å². The number of amides is 2. The first-order valence-corrected chi connectivity index (χ1v) is 11.7. The molecule has 1 fully saturated rings. The number of para-hydroxylation sites is 1. The number of nitrogens with zero attached hydrogens (tertiary/aromatic N) is 3. The lowest BCUT2D eigenvalue weighted by Crippen LogP contribution is -2.48. The van der Waals surface area contributed by atoms with Gasteiger partial charge in [0.2, 0.25) is 11.8 Å². The third-order valence-electron chi connectivity index (χ3n) is 5.80. The summed E-state index contributed by atoms with van der Waals surface area (Å²) in [6.45, 7) is 6.99. The highest BCUT2D eigenvalue weighted by Crippen LogP contribution is 2.34. The number of aryl methyl sites for hydroxylation is 1.